The van der Waals surface area contributed by atoms with Gasteiger partial charge in [-0.1, -0.05) is 116 Å². The molecule has 0 spiro atoms. The zero-order chi connectivity index (χ0) is 23.2. The Morgan fingerprint density at radius 3 is 0.969 bits per heavy atom. The quantitative estimate of drug-likeness (QED) is 0.0795. The van der Waals surface area contributed by atoms with E-state index in [2.05, 4.69) is 6.92 Å². The van der Waals surface area contributed by atoms with Gasteiger partial charge in [0.05, 0.1) is 26.4 Å². The summed E-state index contributed by atoms with van der Waals surface area (Å²) in [5.41, 5.74) is 0. The summed E-state index contributed by atoms with van der Waals surface area (Å²) >= 11 is 5.66. The number of rotatable bonds is 29. The summed E-state index contributed by atoms with van der Waals surface area (Å²) in [5, 5.41) is 0. The van der Waals surface area contributed by atoms with Crippen molar-refractivity contribution < 1.29 is 14.2 Å². The van der Waals surface area contributed by atoms with Gasteiger partial charge in [0, 0.05) is 19.1 Å². The van der Waals surface area contributed by atoms with Crippen LogP contribution >= 0.6 is 11.6 Å². The molecular weight excluding hydrogens is 420 g/mol. The zero-order valence-corrected chi connectivity index (χ0v) is 22.5. The Morgan fingerprint density at radius 2 is 0.625 bits per heavy atom. The van der Waals surface area contributed by atoms with Gasteiger partial charge in [0.15, 0.2) is 0 Å². The third kappa shape index (κ3) is 30.2. The fraction of sp³-hybridized carbons (Fsp3) is 1.00. The topological polar surface area (TPSA) is 27.7 Å². The van der Waals surface area contributed by atoms with Crippen molar-refractivity contribution in [2.24, 2.45) is 0 Å². The number of halogens is 1. The van der Waals surface area contributed by atoms with Crippen molar-refractivity contribution in [3.63, 3.8) is 0 Å². The van der Waals surface area contributed by atoms with Crippen LogP contribution < -0.4 is 0 Å². The van der Waals surface area contributed by atoms with Crippen molar-refractivity contribution in [2.75, 3.05) is 45.5 Å². The predicted octanol–water partition coefficient (Wildman–Crippen LogP) is 9.10. The second kappa shape index (κ2) is 31.2. The highest BCUT2D eigenvalue weighted by Gasteiger charge is 1.96. The van der Waals surface area contributed by atoms with Crippen molar-refractivity contribution in [3.05, 3.63) is 0 Å². The molecule has 0 saturated heterocycles. The third-order valence-corrected chi connectivity index (χ3v) is 6.33. The van der Waals surface area contributed by atoms with E-state index < -0.39 is 0 Å². The molecule has 0 atom stereocenters. The lowest BCUT2D eigenvalue weighted by molar-refractivity contribution is 0.0132. The molecule has 0 aromatic rings. The van der Waals surface area contributed by atoms with Gasteiger partial charge in [0.1, 0.15) is 0 Å². The maximum Gasteiger partial charge on any atom is 0.0701 e. The van der Waals surface area contributed by atoms with Crippen LogP contribution in [0.15, 0.2) is 0 Å². The van der Waals surface area contributed by atoms with Crippen molar-refractivity contribution >= 4 is 11.6 Å². The molecule has 0 heterocycles. The van der Waals surface area contributed by atoms with E-state index in [4.69, 9.17) is 25.8 Å². The molecule has 0 N–H and O–H groups in total. The highest BCUT2D eigenvalue weighted by atomic mass is 35.5. The third-order valence-electron chi connectivity index (χ3n) is 6.06. The summed E-state index contributed by atoms with van der Waals surface area (Å²) in [6, 6.07) is 0. The Hall–Kier alpha value is 0.170. The first-order valence-corrected chi connectivity index (χ1v) is 14.7. The molecule has 0 aromatic heterocycles. The number of hydrogen-bond acceptors (Lipinski definition) is 3. The van der Waals surface area contributed by atoms with Gasteiger partial charge in [0.2, 0.25) is 0 Å². The first-order chi connectivity index (χ1) is 15.9. The van der Waals surface area contributed by atoms with E-state index in [1.807, 2.05) is 0 Å². The van der Waals surface area contributed by atoms with E-state index in [0.29, 0.717) is 26.4 Å². The molecule has 32 heavy (non-hydrogen) atoms. The minimum Gasteiger partial charge on any atom is -0.379 e. The SMILES string of the molecule is CCCCCCCCCCCCCCCCCCOCCOCCOCCCCCCCl. The van der Waals surface area contributed by atoms with E-state index in [9.17, 15) is 0 Å². The second-order valence-electron chi connectivity index (χ2n) is 9.24. The lowest BCUT2D eigenvalue weighted by Gasteiger charge is -2.07. The number of ether oxygens (including phenoxy) is 3. The van der Waals surface area contributed by atoms with Crippen molar-refractivity contribution in [3.8, 4) is 0 Å². The monoisotopic (exact) mass is 476 g/mol. The molecule has 0 rings (SSSR count). The minimum atomic E-state index is 0.671. The molecule has 0 aliphatic heterocycles. The second-order valence-corrected chi connectivity index (χ2v) is 9.62. The van der Waals surface area contributed by atoms with Crippen molar-refractivity contribution in [1.82, 2.24) is 0 Å². The minimum absolute atomic E-state index is 0.671. The van der Waals surface area contributed by atoms with E-state index in [0.717, 1.165) is 31.9 Å². The lowest BCUT2D eigenvalue weighted by Crippen LogP contribution is -2.10. The lowest BCUT2D eigenvalue weighted by atomic mass is 10.0. The summed E-state index contributed by atoms with van der Waals surface area (Å²) in [7, 11) is 0. The number of alkyl halides is 1. The first-order valence-electron chi connectivity index (χ1n) is 14.2. The molecule has 0 aliphatic carbocycles. The zero-order valence-electron chi connectivity index (χ0n) is 21.7. The molecule has 0 bridgehead atoms. The molecule has 0 radical (unpaired) electrons. The maximum absolute atomic E-state index is 5.66. The van der Waals surface area contributed by atoms with Gasteiger partial charge < -0.3 is 14.2 Å². The van der Waals surface area contributed by atoms with E-state index in [1.165, 1.54) is 116 Å². The fourth-order valence-electron chi connectivity index (χ4n) is 3.95. The Bertz CT molecular complexity index is 285. The molecule has 194 valence electrons. The van der Waals surface area contributed by atoms with Gasteiger partial charge in [-0.25, -0.2) is 0 Å². The number of hydrogen-bond donors (Lipinski definition) is 0. The summed E-state index contributed by atoms with van der Waals surface area (Å²) < 4.78 is 16.8. The number of unbranched alkanes of at least 4 members (excludes halogenated alkanes) is 18. The molecule has 0 fully saturated rings. The van der Waals surface area contributed by atoms with Gasteiger partial charge in [-0.05, 0) is 19.3 Å². The maximum atomic E-state index is 5.66. The van der Waals surface area contributed by atoms with E-state index >= 15 is 0 Å². The molecule has 0 unspecified atom stereocenters. The van der Waals surface area contributed by atoms with Crippen LogP contribution in [0.2, 0.25) is 0 Å². The predicted molar refractivity (Wildman–Crippen MR) is 141 cm³/mol. The van der Waals surface area contributed by atoms with E-state index in [1.54, 1.807) is 0 Å². The van der Waals surface area contributed by atoms with Crippen molar-refractivity contribution in [1.29, 1.82) is 0 Å². The summed E-state index contributed by atoms with van der Waals surface area (Å²) in [6.45, 7) is 6.75. The largest absolute Gasteiger partial charge is 0.379 e. The average Bonchev–Trinajstić information content (AvgIpc) is 2.81. The average molecular weight is 477 g/mol. The Morgan fingerprint density at radius 1 is 0.344 bits per heavy atom. The van der Waals surface area contributed by atoms with Crippen LogP contribution in [0.1, 0.15) is 135 Å². The Balaban J connectivity index is 2.98. The van der Waals surface area contributed by atoms with Crippen LogP contribution in [0.4, 0.5) is 0 Å². The molecule has 0 saturated carbocycles. The molecular formula is C28H57ClO3. The molecule has 0 aromatic carbocycles. The summed E-state index contributed by atoms with van der Waals surface area (Å²) in [6.07, 6.45) is 27.2. The smallest absolute Gasteiger partial charge is 0.0701 e. The van der Waals surface area contributed by atoms with Crippen LogP contribution in [-0.2, 0) is 14.2 Å². The first kappa shape index (κ1) is 32.2. The van der Waals surface area contributed by atoms with Crippen LogP contribution in [0, 0.1) is 0 Å². The van der Waals surface area contributed by atoms with Crippen molar-refractivity contribution in [2.45, 2.75) is 135 Å². The van der Waals surface area contributed by atoms with Crippen LogP contribution in [0.5, 0.6) is 0 Å². The van der Waals surface area contributed by atoms with Crippen LogP contribution in [0.25, 0.3) is 0 Å². The molecule has 3 nitrogen and oxygen atoms in total. The fourth-order valence-corrected chi connectivity index (χ4v) is 4.14. The molecule has 0 aliphatic rings. The standard InChI is InChI=1S/C28H57ClO3/c1-2-3-4-5-6-7-8-9-10-11-12-13-14-15-17-20-23-30-25-27-32-28-26-31-24-21-18-16-19-22-29/h2-28H2,1H3. The molecule has 4 heteroatoms. The van der Waals surface area contributed by atoms with Gasteiger partial charge in [-0.15, -0.1) is 11.6 Å². The Kier molecular flexibility index (Phi) is 31.3. The molecule has 0 amide bonds. The Labute approximate surface area is 206 Å². The summed E-state index contributed by atoms with van der Waals surface area (Å²) in [5.74, 6) is 0.774. The van der Waals surface area contributed by atoms with Gasteiger partial charge in [-0.3, -0.25) is 0 Å². The van der Waals surface area contributed by atoms with Crippen LogP contribution in [-0.4, -0.2) is 45.5 Å². The van der Waals surface area contributed by atoms with Gasteiger partial charge in [-0.2, -0.15) is 0 Å². The highest BCUT2D eigenvalue weighted by molar-refractivity contribution is 6.17. The van der Waals surface area contributed by atoms with E-state index in [-0.39, 0.29) is 0 Å². The van der Waals surface area contributed by atoms with Gasteiger partial charge in [0.25, 0.3) is 0 Å². The summed E-state index contributed by atoms with van der Waals surface area (Å²) in [4.78, 5) is 0. The normalized spacial score (nSPS) is 11.4. The van der Waals surface area contributed by atoms with Gasteiger partial charge >= 0.3 is 0 Å². The van der Waals surface area contributed by atoms with Crippen LogP contribution in [0.3, 0.4) is 0 Å². The highest BCUT2D eigenvalue weighted by Crippen LogP contribution is 2.13.